The van der Waals surface area contributed by atoms with Crippen molar-refractivity contribution >= 4 is 11.6 Å². The van der Waals surface area contributed by atoms with E-state index in [0.717, 1.165) is 0 Å². The highest BCUT2D eigenvalue weighted by Gasteiger charge is 2.29. The predicted molar refractivity (Wildman–Crippen MR) is 91.6 cm³/mol. The molecular formula is C20H18O6. The summed E-state index contributed by atoms with van der Waals surface area (Å²) >= 11 is 0. The normalized spacial score (nSPS) is 22.6. The van der Waals surface area contributed by atoms with E-state index in [1.165, 1.54) is 12.3 Å². The van der Waals surface area contributed by atoms with E-state index in [4.69, 9.17) is 14.2 Å². The molecule has 2 atom stereocenters. The molecule has 2 heterocycles. The molecule has 6 heteroatoms. The monoisotopic (exact) mass is 354 g/mol. The van der Waals surface area contributed by atoms with Crippen LogP contribution in [0.25, 0.3) is 0 Å². The summed E-state index contributed by atoms with van der Waals surface area (Å²) in [6.07, 6.45) is 5.86. The minimum absolute atomic E-state index is 0.00849. The molecule has 0 amide bonds. The number of carbonyl (C=O) groups excluding carboxylic acids is 2. The number of aliphatic hydroxyl groups excluding tert-OH is 1. The number of rotatable bonds is 4. The van der Waals surface area contributed by atoms with E-state index >= 15 is 0 Å². The maximum atomic E-state index is 12.5. The van der Waals surface area contributed by atoms with Crippen molar-refractivity contribution in [3.8, 4) is 11.5 Å². The maximum Gasteiger partial charge on any atom is 0.231 e. The van der Waals surface area contributed by atoms with Gasteiger partial charge in [-0.2, -0.15) is 0 Å². The van der Waals surface area contributed by atoms with Gasteiger partial charge in [-0.15, -0.1) is 0 Å². The van der Waals surface area contributed by atoms with E-state index in [0.29, 0.717) is 34.6 Å². The number of ether oxygens (including phenoxy) is 3. The van der Waals surface area contributed by atoms with Crippen LogP contribution in [0.1, 0.15) is 30.9 Å². The zero-order valence-corrected chi connectivity index (χ0v) is 14.0. The van der Waals surface area contributed by atoms with Crippen LogP contribution in [-0.2, 0) is 14.3 Å². The maximum absolute atomic E-state index is 12.5. The average molecular weight is 354 g/mol. The Morgan fingerprint density at radius 3 is 2.85 bits per heavy atom. The third kappa shape index (κ3) is 3.15. The van der Waals surface area contributed by atoms with Crippen molar-refractivity contribution < 1.29 is 28.9 Å². The van der Waals surface area contributed by atoms with Crippen LogP contribution in [-0.4, -0.2) is 29.6 Å². The van der Waals surface area contributed by atoms with Gasteiger partial charge in [0.25, 0.3) is 0 Å². The second-order valence-corrected chi connectivity index (χ2v) is 6.42. The Bertz CT molecular complexity index is 848. The van der Waals surface area contributed by atoms with E-state index in [9.17, 15) is 14.7 Å². The number of hydrogen-bond donors (Lipinski definition) is 1. The summed E-state index contributed by atoms with van der Waals surface area (Å²) in [7, 11) is 0. The van der Waals surface area contributed by atoms with Crippen LogP contribution in [0.3, 0.4) is 0 Å². The van der Waals surface area contributed by atoms with Crippen molar-refractivity contribution in [1.29, 1.82) is 0 Å². The first-order valence-electron chi connectivity index (χ1n) is 8.47. The second-order valence-electron chi connectivity index (χ2n) is 6.42. The van der Waals surface area contributed by atoms with E-state index in [2.05, 4.69) is 0 Å². The summed E-state index contributed by atoms with van der Waals surface area (Å²) < 4.78 is 16.1. The van der Waals surface area contributed by atoms with Gasteiger partial charge in [-0.3, -0.25) is 9.59 Å². The summed E-state index contributed by atoms with van der Waals surface area (Å²) in [4.78, 5) is 24.1. The van der Waals surface area contributed by atoms with Gasteiger partial charge in [0, 0.05) is 30.9 Å². The summed E-state index contributed by atoms with van der Waals surface area (Å²) in [6, 6.07) is 5.13. The highest BCUT2D eigenvalue weighted by atomic mass is 16.7. The van der Waals surface area contributed by atoms with E-state index < -0.39 is 6.10 Å². The molecular weight excluding hydrogens is 336 g/mol. The number of allylic oxidation sites excluding steroid dienone is 3. The smallest absolute Gasteiger partial charge is 0.231 e. The average Bonchev–Trinajstić information content (AvgIpc) is 3.09. The minimum atomic E-state index is -1.08. The van der Waals surface area contributed by atoms with Gasteiger partial charge in [0.15, 0.2) is 23.1 Å². The largest absolute Gasteiger partial charge is 0.497 e. The third-order valence-corrected chi connectivity index (χ3v) is 4.66. The number of carbonyl (C=O) groups is 2. The first-order chi connectivity index (χ1) is 12.6. The van der Waals surface area contributed by atoms with Crippen molar-refractivity contribution in [2.24, 2.45) is 0 Å². The Morgan fingerprint density at radius 1 is 1.15 bits per heavy atom. The van der Waals surface area contributed by atoms with Crippen LogP contribution >= 0.6 is 0 Å². The lowest BCUT2D eigenvalue weighted by Gasteiger charge is -2.24. The number of Topliss-reactive ketones (excluding diaryl/α,β-unsaturated/α-hetero) is 1. The van der Waals surface area contributed by atoms with Gasteiger partial charge in [-0.25, -0.2) is 0 Å². The molecule has 0 saturated carbocycles. The molecule has 26 heavy (non-hydrogen) atoms. The number of ketones is 2. The van der Waals surface area contributed by atoms with Gasteiger partial charge in [-0.05, 0) is 23.3 Å². The van der Waals surface area contributed by atoms with Crippen molar-refractivity contribution in [3.05, 3.63) is 59.4 Å². The fourth-order valence-corrected chi connectivity index (χ4v) is 3.38. The molecule has 1 aromatic rings. The zero-order valence-electron chi connectivity index (χ0n) is 14.0. The Balaban J connectivity index is 1.64. The summed E-state index contributed by atoms with van der Waals surface area (Å²) in [5, 5.41) is 10.9. The Kier molecular flexibility index (Phi) is 4.34. The molecule has 2 unspecified atom stereocenters. The fourth-order valence-electron chi connectivity index (χ4n) is 3.38. The van der Waals surface area contributed by atoms with Gasteiger partial charge in [0.05, 0.1) is 6.26 Å². The highest BCUT2D eigenvalue weighted by Crippen LogP contribution is 2.38. The summed E-state index contributed by atoms with van der Waals surface area (Å²) in [5.74, 6) is 1.02. The second kappa shape index (κ2) is 6.80. The topological polar surface area (TPSA) is 82.1 Å². The quantitative estimate of drug-likeness (QED) is 0.895. The summed E-state index contributed by atoms with van der Waals surface area (Å²) in [5.41, 5.74) is 1.60. The molecule has 1 N–H and O–H groups in total. The van der Waals surface area contributed by atoms with Gasteiger partial charge < -0.3 is 19.3 Å². The molecule has 0 aromatic heterocycles. The lowest BCUT2D eigenvalue weighted by Crippen LogP contribution is -2.22. The fraction of sp³-hybridized carbons (Fsp3) is 0.300. The van der Waals surface area contributed by atoms with Crippen LogP contribution in [0.5, 0.6) is 11.5 Å². The van der Waals surface area contributed by atoms with E-state index in [-0.39, 0.29) is 37.3 Å². The lowest BCUT2D eigenvalue weighted by molar-refractivity contribution is -0.118. The molecule has 0 fully saturated rings. The van der Waals surface area contributed by atoms with Crippen LogP contribution in [0.4, 0.5) is 0 Å². The van der Waals surface area contributed by atoms with Crippen molar-refractivity contribution in [3.63, 3.8) is 0 Å². The Labute approximate surface area is 150 Å². The molecule has 3 aliphatic rings. The molecule has 1 aromatic carbocycles. The van der Waals surface area contributed by atoms with E-state index in [1.807, 2.05) is 6.08 Å². The van der Waals surface area contributed by atoms with Crippen LogP contribution in [0.2, 0.25) is 0 Å². The molecule has 0 radical (unpaired) electrons. The molecule has 6 nitrogen and oxygen atoms in total. The molecule has 0 saturated heterocycles. The van der Waals surface area contributed by atoms with Gasteiger partial charge in [-0.1, -0.05) is 18.2 Å². The van der Waals surface area contributed by atoms with Gasteiger partial charge in [0.2, 0.25) is 6.79 Å². The molecule has 0 bridgehead atoms. The van der Waals surface area contributed by atoms with Crippen molar-refractivity contribution in [2.75, 3.05) is 6.79 Å². The first kappa shape index (κ1) is 16.6. The standard InChI is InChI=1S/C20H18O6/c21-14-6-7-24-15(10-14)8-12-2-1-3-16(22)19(12)20(23)13-4-5-17-18(9-13)26-11-25-17/h1-2,4-7,9,15,20,23H,3,8,10-11H2. The van der Waals surface area contributed by atoms with Crippen LogP contribution in [0.15, 0.2) is 53.8 Å². The Hall–Kier alpha value is -2.86. The van der Waals surface area contributed by atoms with Crippen molar-refractivity contribution in [2.45, 2.75) is 31.5 Å². The lowest BCUT2D eigenvalue weighted by atomic mass is 9.86. The Morgan fingerprint density at radius 2 is 2.00 bits per heavy atom. The summed E-state index contributed by atoms with van der Waals surface area (Å²) in [6.45, 7) is 0.144. The third-order valence-electron chi connectivity index (χ3n) is 4.66. The minimum Gasteiger partial charge on any atom is -0.497 e. The zero-order chi connectivity index (χ0) is 18.1. The number of benzene rings is 1. The van der Waals surface area contributed by atoms with Crippen molar-refractivity contribution in [1.82, 2.24) is 0 Å². The molecule has 2 aliphatic heterocycles. The number of hydrogen-bond acceptors (Lipinski definition) is 6. The van der Waals surface area contributed by atoms with E-state index in [1.54, 1.807) is 24.3 Å². The first-order valence-corrected chi connectivity index (χ1v) is 8.47. The predicted octanol–water partition coefficient (Wildman–Crippen LogP) is 2.54. The number of fused-ring (bicyclic) bond motifs is 1. The van der Waals surface area contributed by atoms with Crippen LogP contribution in [0, 0.1) is 0 Å². The van der Waals surface area contributed by atoms with Gasteiger partial charge in [0.1, 0.15) is 12.2 Å². The van der Waals surface area contributed by atoms with Crippen LogP contribution < -0.4 is 9.47 Å². The molecule has 1 aliphatic carbocycles. The SMILES string of the molecule is O=C1C=COC(CC2=C(C(O)c3ccc4c(c3)OCO4)C(=O)CC=C2)C1. The van der Waals surface area contributed by atoms with Gasteiger partial charge >= 0.3 is 0 Å². The molecule has 0 spiro atoms. The highest BCUT2D eigenvalue weighted by molar-refractivity contribution is 6.00. The number of aliphatic hydroxyl groups is 1. The molecule has 134 valence electrons. The molecule has 4 rings (SSSR count).